The molecule has 0 fully saturated rings. The number of aryl methyl sites for hydroxylation is 1. The Morgan fingerprint density at radius 3 is 2.68 bits per heavy atom. The minimum atomic E-state index is -0.109. The van der Waals surface area contributed by atoms with E-state index in [4.69, 9.17) is 0 Å². The quantitative estimate of drug-likeness (QED) is 0.898. The molecule has 0 bridgehead atoms. The van der Waals surface area contributed by atoms with Crippen molar-refractivity contribution < 1.29 is 9.59 Å². The predicted octanol–water partition coefficient (Wildman–Crippen LogP) is 2.08. The molecule has 1 aromatic carbocycles. The Bertz CT molecular complexity index is 619. The second kappa shape index (κ2) is 5.84. The van der Waals surface area contributed by atoms with E-state index in [9.17, 15) is 9.59 Å². The smallest absolute Gasteiger partial charge is 0.261 e. The fraction of sp³-hybridized carbons (Fsp3) is 0.286. The summed E-state index contributed by atoms with van der Waals surface area (Å²) >= 11 is 1.48. The first-order valence-electron chi connectivity index (χ1n) is 6.10. The first-order valence-corrected chi connectivity index (χ1v) is 6.92. The number of rotatable bonds is 4. The molecule has 19 heavy (non-hydrogen) atoms. The highest BCUT2D eigenvalue weighted by Crippen LogP contribution is 2.30. The van der Waals surface area contributed by atoms with Crippen LogP contribution < -0.4 is 10.6 Å². The topological polar surface area (TPSA) is 58.2 Å². The van der Waals surface area contributed by atoms with E-state index in [-0.39, 0.29) is 11.8 Å². The lowest BCUT2D eigenvalue weighted by Gasteiger charge is -2.03. The molecule has 0 aliphatic heterocycles. The van der Waals surface area contributed by atoms with Crippen LogP contribution in [0.3, 0.4) is 0 Å². The zero-order valence-corrected chi connectivity index (χ0v) is 11.8. The highest BCUT2D eigenvalue weighted by Gasteiger charge is 2.14. The van der Waals surface area contributed by atoms with Crippen LogP contribution >= 0.6 is 11.3 Å². The number of benzene rings is 1. The van der Waals surface area contributed by atoms with E-state index >= 15 is 0 Å². The SMILES string of the molecule is CNC(=O)CCNC(=O)c1sc2ccccc2c1C. The summed E-state index contributed by atoms with van der Waals surface area (Å²) in [5, 5.41) is 6.42. The molecule has 0 unspecified atom stereocenters. The predicted molar refractivity (Wildman–Crippen MR) is 77.6 cm³/mol. The van der Waals surface area contributed by atoms with Crippen LogP contribution in [0.25, 0.3) is 10.1 Å². The van der Waals surface area contributed by atoms with Crippen molar-refractivity contribution in [2.75, 3.05) is 13.6 Å². The third-order valence-electron chi connectivity index (χ3n) is 2.97. The van der Waals surface area contributed by atoms with Gasteiger partial charge in [0.15, 0.2) is 0 Å². The van der Waals surface area contributed by atoms with Crippen LogP contribution in [0.2, 0.25) is 0 Å². The van der Waals surface area contributed by atoms with Crippen LogP contribution in [0.4, 0.5) is 0 Å². The van der Waals surface area contributed by atoms with Crippen LogP contribution in [-0.2, 0) is 4.79 Å². The molecule has 0 saturated heterocycles. The molecule has 0 saturated carbocycles. The Morgan fingerprint density at radius 1 is 1.26 bits per heavy atom. The molecular weight excluding hydrogens is 260 g/mol. The van der Waals surface area contributed by atoms with Gasteiger partial charge in [-0.3, -0.25) is 9.59 Å². The van der Waals surface area contributed by atoms with Crippen LogP contribution in [0.5, 0.6) is 0 Å². The lowest BCUT2D eigenvalue weighted by molar-refractivity contribution is -0.120. The molecule has 0 aliphatic rings. The van der Waals surface area contributed by atoms with Gasteiger partial charge in [0.25, 0.3) is 5.91 Å². The largest absolute Gasteiger partial charge is 0.359 e. The van der Waals surface area contributed by atoms with Gasteiger partial charge in [0.05, 0.1) is 4.88 Å². The number of fused-ring (bicyclic) bond motifs is 1. The maximum Gasteiger partial charge on any atom is 0.261 e. The van der Waals surface area contributed by atoms with Crippen molar-refractivity contribution in [2.45, 2.75) is 13.3 Å². The summed E-state index contributed by atoms with van der Waals surface area (Å²) < 4.78 is 1.11. The van der Waals surface area contributed by atoms with Gasteiger partial charge < -0.3 is 10.6 Å². The first-order chi connectivity index (χ1) is 9.13. The lowest BCUT2D eigenvalue weighted by Crippen LogP contribution is -2.29. The summed E-state index contributed by atoms with van der Waals surface area (Å²) in [6.45, 7) is 2.30. The number of hydrogen-bond acceptors (Lipinski definition) is 3. The number of amides is 2. The Kier molecular flexibility index (Phi) is 4.16. The zero-order chi connectivity index (χ0) is 13.8. The van der Waals surface area contributed by atoms with E-state index in [1.165, 1.54) is 11.3 Å². The average Bonchev–Trinajstić information content (AvgIpc) is 2.76. The normalized spacial score (nSPS) is 10.4. The van der Waals surface area contributed by atoms with E-state index < -0.39 is 0 Å². The van der Waals surface area contributed by atoms with Gasteiger partial charge in [0.2, 0.25) is 5.91 Å². The van der Waals surface area contributed by atoms with Crippen molar-refractivity contribution in [3.05, 3.63) is 34.7 Å². The third kappa shape index (κ3) is 2.93. The second-order valence-corrected chi connectivity index (χ2v) is 5.28. The number of carbonyl (C=O) groups excluding carboxylic acids is 2. The van der Waals surface area contributed by atoms with Gasteiger partial charge in [-0.05, 0) is 23.9 Å². The molecule has 100 valence electrons. The highest BCUT2D eigenvalue weighted by molar-refractivity contribution is 7.21. The van der Waals surface area contributed by atoms with E-state index in [2.05, 4.69) is 10.6 Å². The summed E-state index contributed by atoms with van der Waals surface area (Å²) in [7, 11) is 1.58. The van der Waals surface area contributed by atoms with Gasteiger partial charge in [-0.15, -0.1) is 11.3 Å². The Morgan fingerprint density at radius 2 is 2.00 bits per heavy atom. The first kappa shape index (κ1) is 13.5. The Balaban J connectivity index is 2.09. The van der Waals surface area contributed by atoms with E-state index in [0.29, 0.717) is 13.0 Å². The fourth-order valence-corrected chi connectivity index (χ4v) is 3.01. The third-order valence-corrected chi connectivity index (χ3v) is 4.24. The van der Waals surface area contributed by atoms with Gasteiger partial charge in [0, 0.05) is 24.7 Å². The molecule has 0 aliphatic carbocycles. The van der Waals surface area contributed by atoms with Gasteiger partial charge in [-0.25, -0.2) is 0 Å². The van der Waals surface area contributed by atoms with Gasteiger partial charge in [-0.1, -0.05) is 18.2 Å². The monoisotopic (exact) mass is 276 g/mol. The maximum atomic E-state index is 12.1. The van der Waals surface area contributed by atoms with Crippen molar-refractivity contribution in [3.8, 4) is 0 Å². The molecule has 1 aromatic heterocycles. The summed E-state index contributed by atoms with van der Waals surface area (Å²) in [5.74, 6) is -0.184. The summed E-state index contributed by atoms with van der Waals surface area (Å²) in [5.41, 5.74) is 0.998. The van der Waals surface area contributed by atoms with Crippen LogP contribution in [0, 0.1) is 6.92 Å². The molecule has 2 aromatic rings. The Hall–Kier alpha value is -1.88. The number of thiophene rings is 1. The molecule has 0 radical (unpaired) electrons. The molecule has 4 nitrogen and oxygen atoms in total. The molecule has 0 spiro atoms. The lowest BCUT2D eigenvalue weighted by atomic mass is 10.1. The molecule has 1 heterocycles. The summed E-state index contributed by atoms with van der Waals surface area (Å²) in [4.78, 5) is 23.9. The fourth-order valence-electron chi connectivity index (χ4n) is 1.89. The summed E-state index contributed by atoms with van der Waals surface area (Å²) in [6.07, 6.45) is 0.298. The number of hydrogen-bond donors (Lipinski definition) is 2. The molecular formula is C14H16N2O2S. The summed E-state index contributed by atoms with van der Waals surface area (Å²) in [6, 6.07) is 7.96. The minimum absolute atomic E-state index is 0.0756. The maximum absolute atomic E-state index is 12.1. The number of nitrogens with one attached hydrogen (secondary N) is 2. The average molecular weight is 276 g/mol. The standard InChI is InChI=1S/C14H16N2O2S/c1-9-10-5-3-4-6-11(10)19-13(9)14(18)16-8-7-12(17)15-2/h3-6H,7-8H2,1-2H3,(H,15,17)(H,16,18). The van der Waals surface area contributed by atoms with Crippen molar-refractivity contribution in [2.24, 2.45) is 0 Å². The zero-order valence-electron chi connectivity index (χ0n) is 10.9. The minimum Gasteiger partial charge on any atom is -0.359 e. The molecule has 5 heteroatoms. The highest BCUT2D eigenvalue weighted by atomic mass is 32.1. The van der Waals surface area contributed by atoms with Crippen molar-refractivity contribution >= 4 is 33.2 Å². The molecule has 0 atom stereocenters. The van der Waals surface area contributed by atoms with Gasteiger partial charge >= 0.3 is 0 Å². The van der Waals surface area contributed by atoms with Crippen molar-refractivity contribution in [3.63, 3.8) is 0 Å². The molecule has 2 rings (SSSR count). The van der Waals surface area contributed by atoms with Crippen molar-refractivity contribution in [1.29, 1.82) is 0 Å². The molecule has 2 N–H and O–H groups in total. The van der Waals surface area contributed by atoms with Crippen LogP contribution in [-0.4, -0.2) is 25.4 Å². The van der Waals surface area contributed by atoms with E-state index in [0.717, 1.165) is 20.5 Å². The Labute approximate surface area is 115 Å². The van der Waals surface area contributed by atoms with E-state index in [1.807, 2.05) is 31.2 Å². The van der Waals surface area contributed by atoms with E-state index in [1.54, 1.807) is 7.05 Å². The van der Waals surface area contributed by atoms with Gasteiger partial charge in [-0.2, -0.15) is 0 Å². The van der Waals surface area contributed by atoms with Crippen LogP contribution in [0.15, 0.2) is 24.3 Å². The second-order valence-electron chi connectivity index (χ2n) is 4.23. The molecule has 2 amide bonds. The van der Waals surface area contributed by atoms with Crippen molar-refractivity contribution in [1.82, 2.24) is 10.6 Å². The van der Waals surface area contributed by atoms with Gasteiger partial charge in [0.1, 0.15) is 0 Å². The number of carbonyl (C=O) groups is 2. The van der Waals surface area contributed by atoms with Crippen LogP contribution in [0.1, 0.15) is 21.7 Å².